The Morgan fingerprint density at radius 2 is 2.12 bits per heavy atom. The van der Waals surface area contributed by atoms with Crippen LogP contribution in [0.3, 0.4) is 0 Å². The Kier molecular flexibility index (Phi) is 3.92. The molecule has 3 aromatic rings. The molecule has 26 heavy (non-hydrogen) atoms. The van der Waals surface area contributed by atoms with E-state index < -0.39 is 0 Å². The molecule has 6 heteroatoms. The molecule has 1 amide bonds. The van der Waals surface area contributed by atoms with Gasteiger partial charge in [-0.05, 0) is 50.1 Å². The first kappa shape index (κ1) is 16.3. The summed E-state index contributed by atoms with van der Waals surface area (Å²) in [4.78, 5) is 17.2. The van der Waals surface area contributed by atoms with Crippen molar-refractivity contribution < 1.29 is 9.18 Å². The predicted molar refractivity (Wildman–Crippen MR) is 97.4 cm³/mol. The van der Waals surface area contributed by atoms with Gasteiger partial charge in [-0.15, -0.1) is 6.42 Å². The number of benzene rings is 1. The second-order valence-electron chi connectivity index (χ2n) is 6.49. The lowest BCUT2D eigenvalue weighted by molar-refractivity contribution is 0.102. The quantitative estimate of drug-likeness (QED) is 0.732. The SMILES string of the molecule is C#CCn1nc(NC(=O)c2ccc(F)cc2)c2cc(C)nc(C3CC3)c21. The van der Waals surface area contributed by atoms with Gasteiger partial charge in [0.25, 0.3) is 5.91 Å². The first-order chi connectivity index (χ1) is 12.6. The smallest absolute Gasteiger partial charge is 0.256 e. The van der Waals surface area contributed by atoms with Gasteiger partial charge >= 0.3 is 0 Å². The minimum atomic E-state index is -0.388. The van der Waals surface area contributed by atoms with Crippen molar-refractivity contribution in [2.24, 2.45) is 0 Å². The monoisotopic (exact) mass is 348 g/mol. The molecular formula is C20H17FN4O. The Bertz CT molecular complexity index is 1040. The zero-order valence-electron chi connectivity index (χ0n) is 14.3. The van der Waals surface area contributed by atoms with Crippen molar-refractivity contribution in [3.63, 3.8) is 0 Å². The van der Waals surface area contributed by atoms with Crippen molar-refractivity contribution in [1.29, 1.82) is 0 Å². The van der Waals surface area contributed by atoms with Crippen molar-refractivity contribution >= 4 is 22.6 Å². The van der Waals surface area contributed by atoms with Crippen LogP contribution in [0.2, 0.25) is 0 Å². The van der Waals surface area contributed by atoms with Crippen LogP contribution in [-0.4, -0.2) is 20.7 Å². The fourth-order valence-corrected chi connectivity index (χ4v) is 3.08. The van der Waals surface area contributed by atoms with E-state index in [2.05, 4.69) is 21.3 Å². The van der Waals surface area contributed by atoms with E-state index in [0.29, 0.717) is 23.8 Å². The van der Waals surface area contributed by atoms with Crippen LogP contribution in [0.25, 0.3) is 10.9 Å². The molecule has 1 fully saturated rings. The largest absolute Gasteiger partial charge is 0.305 e. The number of amides is 1. The van der Waals surface area contributed by atoms with E-state index in [0.717, 1.165) is 35.1 Å². The number of fused-ring (bicyclic) bond motifs is 1. The number of hydrogen-bond donors (Lipinski definition) is 1. The molecule has 0 radical (unpaired) electrons. The second-order valence-corrected chi connectivity index (χ2v) is 6.49. The predicted octanol–water partition coefficient (Wildman–Crippen LogP) is 3.64. The number of terminal acetylenes is 1. The zero-order valence-corrected chi connectivity index (χ0v) is 14.3. The number of halogens is 1. The summed E-state index contributed by atoms with van der Waals surface area (Å²) >= 11 is 0. The number of anilines is 1. The van der Waals surface area contributed by atoms with E-state index >= 15 is 0 Å². The van der Waals surface area contributed by atoms with Gasteiger partial charge in [0.2, 0.25) is 0 Å². The third-order valence-electron chi connectivity index (χ3n) is 4.43. The van der Waals surface area contributed by atoms with Crippen molar-refractivity contribution in [2.75, 3.05) is 5.32 Å². The van der Waals surface area contributed by atoms with Crippen LogP contribution in [0.5, 0.6) is 0 Å². The number of aromatic nitrogens is 3. The van der Waals surface area contributed by atoms with Gasteiger partial charge in [0.1, 0.15) is 12.4 Å². The number of nitrogens with one attached hydrogen (secondary N) is 1. The van der Waals surface area contributed by atoms with Crippen LogP contribution < -0.4 is 5.32 Å². The topological polar surface area (TPSA) is 59.8 Å². The number of carbonyl (C=O) groups excluding carboxylic acids is 1. The minimum Gasteiger partial charge on any atom is -0.305 e. The van der Waals surface area contributed by atoms with E-state index in [-0.39, 0.29) is 11.7 Å². The van der Waals surface area contributed by atoms with Gasteiger partial charge in [-0.2, -0.15) is 5.10 Å². The molecule has 1 aliphatic rings. The highest BCUT2D eigenvalue weighted by Gasteiger charge is 2.30. The van der Waals surface area contributed by atoms with Crippen molar-refractivity contribution in [3.05, 3.63) is 53.1 Å². The van der Waals surface area contributed by atoms with Gasteiger partial charge in [-0.3, -0.25) is 9.78 Å². The number of aryl methyl sites for hydroxylation is 1. The Morgan fingerprint density at radius 3 is 2.77 bits per heavy atom. The Balaban J connectivity index is 1.78. The molecule has 4 rings (SSSR count). The summed E-state index contributed by atoms with van der Waals surface area (Å²) in [6.07, 6.45) is 7.69. The molecule has 2 aromatic heterocycles. The lowest BCUT2D eigenvalue weighted by Crippen LogP contribution is -2.13. The number of hydrogen-bond acceptors (Lipinski definition) is 3. The number of carbonyl (C=O) groups is 1. The third kappa shape index (κ3) is 2.93. The minimum absolute atomic E-state index is 0.299. The lowest BCUT2D eigenvalue weighted by atomic mass is 10.1. The van der Waals surface area contributed by atoms with Gasteiger partial charge in [-0.1, -0.05) is 5.92 Å². The van der Waals surface area contributed by atoms with Gasteiger partial charge in [-0.25, -0.2) is 9.07 Å². The molecule has 0 atom stereocenters. The summed E-state index contributed by atoms with van der Waals surface area (Å²) in [7, 11) is 0. The van der Waals surface area contributed by atoms with Crippen LogP contribution >= 0.6 is 0 Å². The first-order valence-electron chi connectivity index (χ1n) is 8.45. The number of nitrogens with zero attached hydrogens (tertiary/aromatic N) is 3. The molecule has 5 nitrogen and oxygen atoms in total. The summed E-state index contributed by atoms with van der Waals surface area (Å²) < 4.78 is 14.8. The van der Waals surface area contributed by atoms with E-state index in [9.17, 15) is 9.18 Å². The summed E-state index contributed by atoms with van der Waals surface area (Å²) in [6.45, 7) is 2.22. The lowest BCUT2D eigenvalue weighted by Gasteiger charge is -2.06. The van der Waals surface area contributed by atoms with Crippen LogP contribution in [0.4, 0.5) is 10.2 Å². The van der Waals surface area contributed by atoms with Crippen molar-refractivity contribution in [1.82, 2.24) is 14.8 Å². The molecule has 1 saturated carbocycles. The normalized spacial score (nSPS) is 13.6. The van der Waals surface area contributed by atoms with Crippen LogP contribution in [0, 0.1) is 25.1 Å². The molecule has 130 valence electrons. The average molecular weight is 348 g/mol. The van der Waals surface area contributed by atoms with E-state index in [1.807, 2.05) is 13.0 Å². The third-order valence-corrected chi connectivity index (χ3v) is 4.43. The maximum atomic E-state index is 13.1. The Labute approximate surface area is 150 Å². The Morgan fingerprint density at radius 1 is 1.38 bits per heavy atom. The van der Waals surface area contributed by atoms with Crippen molar-refractivity contribution in [3.8, 4) is 12.3 Å². The molecular weight excluding hydrogens is 331 g/mol. The first-order valence-corrected chi connectivity index (χ1v) is 8.45. The van der Waals surface area contributed by atoms with Crippen LogP contribution in [0.15, 0.2) is 30.3 Å². The molecule has 0 unspecified atom stereocenters. The fraction of sp³-hybridized carbons (Fsp3) is 0.250. The van der Waals surface area contributed by atoms with Crippen LogP contribution in [0.1, 0.15) is 40.5 Å². The molecule has 0 spiro atoms. The van der Waals surface area contributed by atoms with Gasteiger partial charge < -0.3 is 5.32 Å². The summed E-state index contributed by atoms with van der Waals surface area (Å²) in [5.74, 6) is 2.73. The summed E-state index contributed by atoms with van der Waals surface area (Å²) in [5, 5.41) is 8.15. The van der Waals surface area contributed by atoms with Crippen molar-refractivity contribution in [2.45, 2.75) is 32.2 Å². The Hall–Kier alpha value is -3.20. The molecule has 1 aromatic carbocycles. The highest BCUT2D eigenvalue weighted by molar-refractivity contribution is 6.08. The molecule has 0 aliphatic heterocycles. The molecule has 1 N–H and O–H groups in total. The maximum Gasteiger partial charge on any atom is 0.256 e. The van der Waals surface area contributed by atoms with Crippen LogP contribution in [-0.2, 0) is 6.54 Å². The summed E-state index contributed by atoms with van der Waals surface area (Å²) in [5.41, 5.74) is 3.10. The molecule has 0 saturated heterocycles. The van der Waals surface area contributed by atoms with Gasteiger partial charge in [0.15, 0.2) is 5.82 Å². The average Bonchev–Trinajstić information content (AvgIpc) is 3.40. The molecule has 0 bridgehead atoms. The van der Waals surface area contributed by atoms with E-state index in [4.69, 9.17) is 6.42 Å². The standard InChI is InChI=1S/C20H17FN4O/c1-3-10-25-18-16(11-12(2)22-17(18)13-4-5-13)19(24-25)23-20(26)14-6-8-15(21)9-7-14/h1,6-9,11,13H,4-5,10H2,2H3,(H,23,24,26). The highest BCUT2D eigenvalue weighted by Crippen LogP contribution is 2.43. The highest BCUT2D eigenvalue weighted by atomic mass is 19.1. The second kappa shape index (κ2) is 6.26. The van der Waals surface area contributed by atoms with Gasteiger partial charge in [0.05, 0.1) is 11.2 Å². The molecule has 1 aliphatic carbocycles. The van der Waals surface area contributed by atoms with Gasteiger partial charge in [0, 0.05) is 22.6 Å². The zero-order chi connectivity index (χ0) is 18.3. The summed E-state index contributed by atoms with van der Waals surface area (Å²) in [6, 6.07) is 7.29. The molecule has 2 heterocycles. The van der Waals surface area contributed by atoms with E-state index in [1.54, 1.807) is 4.68 Å². The maximum absolute atomic E-state index is 13.1. The van der Waals surface area contributed by atoms with E-state index in [1.165, 1.54) is 24.3 Å². The number of rotatable bonds is 4. The fourth-order valence-electron chi connectivity index (χ4n) is 3.08. The number of pyridine rings is 1.